The summed E-state index contributed by atoms with van der Waals surface area (Å²) in [6.45, 7) is 4.27. The Hall–Kier alpha value is -4.43. The maximum atomic E-state index is 13.8. The van der Waals surface area contributed by atoms with Crippen molar-refractivity contribution in [2.45, 2.75) is 19.9 Å². The number of rotatable bonds is 7. The summed E-state index contributed by atoms with van der Waals surface area (Å²) in [4.78, 5) is 32.7. The Morgan fingerprint density at radius 3 is 2.53 bits per heavy atom. The van der Waals surface area contributed by atoms with Crippen molar-refractivity contribution in [3.8, 4) is 11.5 Å². The average molecular weight is 526 g/mol. The minimum atomic E-state index is -0.655. The van der Waals surface area contributed by atoms with Crippen molar-refractivity contribution in [1.29, 1.82) is 0 Å². The molecule has 2 heterocycles. The van der Waals surface area contributed by atoms with Crippen LogP contribution in [-0.2, 0) is 4.79 Å². The van der Waals surface area contributed by atoms with E-state index < -0.39 is 6.04 Å². The predicted molar refractivity (Wildman–Crippen MR) is 149 cm³/mol. The second-order valence-corrected chi connectivity index (χ2v) is 9.69. The number of allylic oxidation sites excluding steroid dienone is 1. The Morgan fingerprint density at radius 2 is 1.82 bits per heavy atom. The van der Waals surface area contributed by atoms with Crippen molar-refractivity contribution in [3.05, 3.63) is 121 Å². The molecule has 0 saturated heterocycles. The van der Waals surface area contributed by atoms with E-state index in [2.05, 4.69) is 5.32 Å². The summed E-state index contributed by atoms with van der Waals surface area (Å²) in [6.07, 6.45) is 1.82. The number of nitrogens with zero attached hydrogens (tertiary/aromatic N) is 2. The topological polar surface area (TPSA) is 81.9 Å². The quantitative estimate of drug-likeness (QED) is 0.391. The maximum absolute atomic E-state index is 13.8. The standard InChI is InChI=1S/C30H27N3O4S/c1-4-37-23-15-13-21(14-16-23)27-26(28(34)32-22-10-6-5-7-11-22)19(2)31-30-33(27)29(35)25(38-30)18-20-9-8-12-24(17-20)36-3/h5-18,27H,4H2,1-3H3,(H,32,34)/b25-18+/t27-/m0/s1. The van der Waals surface area contributed by atoms with Crippen LogP contribution in [0.5, 0.6) is 11.5 Å². The third kappa shape index (κ3) is 5.03. The first-order valence-corrected chi connectivity index (χ1v) is 13.1. The first kappa shape index (κ1) is 25.2. The van der Waals surface area contributed by atoms with Gasteiger partial charge in [-0.2, -0.15) is 0 Å². The number of anilines is 1. The molecule has 0 bridgehead atoms. The first-order chi connectivity index (χ1) is 18.5. The molecule has 1 atom stereocenters. The number of methoxy groups -OCH3 is 1. The number of fused-ring (bicyclic) bond motifs is 1. The normalized spacial score (nSPS) is 15.0. The van der Waals surface area contributed by atoms with Crippen LogP contribution in [0.3, 0.4) is 0 Å². The van der Waals surface area contributed by atoms with Gasteiger partial charge in [-0.15, -0.1) is 0 Å². The van der Waals surface area contributed by atoms with Crippen LogP contribution in [0.1, 0.15) is 31.0 Å². The molecule has 1 aromatic heterocycles. The molecule has 1 amide bonds. The zero-order valence-electron chi connectivity index (χ0n) is 21.3. The predicted octanol–water partition coefficient (Wildman–Crippen LogP) is 4.28. The van der Waals surface area contributed by atoms with Crippen LogP contribution in [0.25, 0.3) is 6.08 Å². The summed E-state index contributed by atoms with van der Waals surface area (Å²) >= 11 is 1.30. The van der Waals surface area contributed by atoms with Gasteiger partial charge in [-0.1, -0.05) is 53.8 Å². The molecule has 3 aromatic carbocycles. The van der Waals surface area contributed by atoms with E-state index in [4.69, 9.17) is 14.5 Å². The largest absolute Gasteiger partial charge is 0.497 e. The van der Waals surface area contributed by atoms with Crippen molar-refractivity contribution in [1.82, 2.24) is 4.57 Å². The zero-order chi connectivity index (χ0) is 26.6. The van der Waals surface area contributed by atoms with Crippen LogP contribution in [-0.4, -0.2) is 24.2 Å². The lowest BCUT2D eigenvalue weighted by Crippen LogP contribution is -2.40. The van der Waals surface area contributed by atoms with Gasteiger partial charge >= 0.3 is 0 Å². The lowest BCUT2D eigenvalue weighted by molar-refractivity contribution is -0.113. The van der Waals surface area contributed by atoms with E-state index in [1.54, 1.807) is 18.6 Å². The molecule has 1 aliphatic heterocycles. The van der Waals surface area contributed by atoms with Gasteiger partial charge in [-0.05, 0) is 67.4 Å². The molecule has 0 aliphatic carbocycles. The van der Waals surface area contributed by atoms with E-state index in [9.17, 15) is 9.59 Å². The van der Waals surface area contributed by atoms with Gasteiger partial charge < -0.3 is 14.8 Å². The van der Waals surface area contributed by atoms with E-state index >= 15 is 0 Å². The van der Waals surface area contributed by atoms with Gasteiger partial charge in [0.25, 0.3) is 11.5 Å². The highest BCUT2D eigenvalue weighted by Gasteiger charge is 2.32. The molecule has 5 rings (SSSR count). The summed E-state index contributed by atoms with van der Waals surface area (Å²) in [6, 6.07) is 23.6. The Kier molecular flexibility index (Phi) is 7.24. The molecule has 0 fully saturated rings. The molecule has 1 aliphatic rings. The molecule has 8 heteroatoms. The third-order valence-electron chi connectivity index (χ3n) is 6.20. The van der Waals surface area contributed by atoms with Crippen LogP contribution < -0.4 is 29.7 Å². The van der Waals surface area contributed by atoms with Crippen molar-refractivity contribution < 1.29 is 14.3 Å². The SMILES string of the molecule is CCOc1ccc([C@H]2C(C(=O)Nc3ccccc3)=C(C)N=c3s/c(=C/c4cccc(OC)c4)c(=O)n32)cc1. The van der Waals surface area contributed by atoms with Gasteiger partial charge in [0.15, 0.2) is 4.80 Å². The number of hydrogen-bond donors (Lipinski definition) is 1. The van der Waals surface area contributed by atoms with Gasteiger partial charge in [0.05, 0.1) is 35.6 Å². The van der Waals surface area contributed by atoms with Crippen LogP contribution in [0, 0.1) is 0 Å². The number of thiazole rings is 1. The molecule has 0 radical (unpaired) electrons. The molecule has 192 valence electrons. The molecular weight excluding hydrogens is 498 g/mol. The number of carbonyl (C=O) groups is 1. The van der Waals surface area contributed by atoms with Crippen molar-refractivity contribution in [2.24, 2.45) is 4.99 Å². The minimum absolute atomic E-state index is 0.215. The Morgan fingerprint density at radius 1 is 1.05 bits per heavy atom. The number of para-hydroxylation sites is 1. The minimum Gasteiger partial charge on any atom is -0.497 e. The first-order valence-electron chi connectivity index (χ1n) is 12.2. The number of ether oxygens (including phenoxy) is 2. The number of amides is 1. The number of aromatic nitrogens is 1. The Labute approximate surface area is 224 Å². The third-order valence-corrected chi connectivity index (χ3v) is 7.18. The summed E-state index contributed by atoms with van der Waals surface area (Å²) in [5, 5.41) is 2.97. The van der Waals surface area contributed by atoms with Gasteiger partial charge in [-0.25, -0.2) is 4.99 Å². The summed E-state index contributed by atoms with van der Waals surface area (Å²) in [5.41, 5.74) is 3.05. The lowest BCUT2D eigenvalue weighted by Gasteiger charge is -2.25. The molecule has 0 unspecified atom stereocenters. The fraction of sp³-hybridized carbons (Fsp3) is 0.167. The molecule has 0 saturated carbocycles. The second-order valence-electron chi connectivity index (χ2n) is 8.68. The van der Waals surface area contributed by atoms with Crippen LogP contribution in [0.15, 0.2) is 99.9 Å². The van der Waals surface area contributed by atoms with Gasteiger partial charge in [0.2, 0.25) is 0 Å². The Balaban J connectivity index is 1.65. The number of hydrogen-bond acceptors (Lipinski definition) is 6. The number of benzene rings is 3. The molecule has 1 N–H and O–H groups in total. The number of nitrogens with one attached hydrogen (secondary N) is 1. The molecule has 4 aromatic rings. The highest BCUT2D eigenvalue weighted by molar-refractivity contribution is 7.07. The fourth-order valence-electron chi connectivity index (χ4n) is 4.44. The molecule has 0 spiro atoms. The van der Waals surface area contributed by atoms with E-state index in [1.165, 1.54) is 11.3 Å². The average Bonchev–Trinajstić information content (AvgIpc) is 3.23. The van der Waals surface area contributed by atoms with E-state index in [0.29, 0.717) is 38.6 Å². The number of carbonyl (C=O) groups excluding carboxylic acids is 1. The lowest BCUT2D eigenvalue weighted by atomic mass is 9.95. The van der Waals surface area contributed by atoms with E-state index in [0.717, 1.165) is 16.9 Å². The monoisotopic (exact) mass is 525 g/mol. The molecule has 7 nitrogen and oxygen atoms in total. The van der Waals surface area contributed by atoms with Crippen LogP contribution in [0.2, 0.25) is 0 Å². The summed E-state index contributed by atoms with van der Waals surface area (Å²) in [7, 11) is 1.61. The smallest absolute Gasteiger partial charge is 0.271 e. The summed E-state index contributed by atoms with van der Waals surface area (Å²) < 4.78 is 13.1. The highest BCUT2D eigenvalue weighted by atomic mass is 32.1. The second kappa shape index (κ2) is 10.9. The summed E-state index contributed by atoms with van der Waals surface area (Å²) in [5.74, 6) is 1.12. The van der Waals surface area contributed by atoms with Crippen molar-refractivity contribution in [3.63, 3.8) is 0 Å². The highest BCUT2D eigenvalue weighted by Crippen LogP contribution is 2.31. The van der Waals surface area contributed by atoms with E-state index in [-0.39, 0.29) is 11.5 Å². The fourth-order valence-corrected chi connectivity index (χ4v) is 5.49. The van der Waals surface area contributed by atoms with Crippen LogP contribution in [0.4, 0.5) is 5.69 Å². The molecular formula is C30H27N3O4S. The van der Waals surface area contributed by atoms with Gasteiger partial charge in [0.1, 0.15) is 11.5 Å². The zero-order valence-corrected chi connectivity index (χ0v) is 22.1. The van der Waals surface area contributed by atoms with Gasteiger partial charge in [-0.3, -0.25) is 14.2 Å². The maximum Gasteiger partial charge on any atom is 0.271 e. The van der Waals surface area contributed by atoms with Crippen molar-refractivity contribution >= 4 is 29.0 Å². The van der Waals surface area contributed by atoms with Crippen molar-refractivity contribution in [2.75, 3.05) is 19.0 Å². The Bertz CT molecular complexity index is 1690. The van der Waals surface area contributed by atoms with E-state index in [1.807, 2.05) is 91.9 Å². The van der Waals surface area contributed by atoms with Crippen LogP contribution >= 0.6 is 11.3 Å². The molecule has 38 heavy (non-hydrogen) atoms. The van der Waals surface area contributed by atoms with Gasteiger partial charge in [0, 0.05) is 5.69 Å².